The first-order chi connectivity index (χ1) is 11.5. The number of fused-ring (bicyclic) bond motifs is 1. The summed E-state index contributed by atoms with van der Waals surface area (Å²) in [6.07, 6.45) is 2.10. The molecule has 1 atom stereocenters. The zero-order valence-electron chi connectivity index (χ0n) is 14.7. The van der Waals surface area contributed by atoms with Crippen molar-refractivity contribution in [3.05, 3.63) is 41.4 Å². The van der Waals surface area contributed by atoms with Crippen LogP contribution in [0.15, 0.2) is 22.8 Å². The minimum absolute atomic E-state index is 0.309. The summed E-state index contributed by atoms with van der Waals surface area (Å²) in [5.74, 6) is 2.35. The van der Waals surface area contributed by atoms with Crippen LogP contribution in [-0.2, 0) is 31.4 Å². The highest BCUT2D eigenvalue weighted by atomic mass is 16.5. The van der Waals surface area contributed by atoms with Gasteiger partial charge < -0.3 is 18.8 Å². The molecule has 0 aromatic carbocycles. The van der Waals surface area contributed by atoms with E-state index in [1.54, 1.807) is 6.26 Å². The van der Waals surface area contributed by atoms with E-state index in [-0.39, 0.29) is 0 Å². The van der Waals surface area contributed by atoms with Gasteiger partial charge in [-0.25, -0.2) is 4.98 Å². The van der Waals surface area contributed by atoms with Crippen molar-refractivity contribution in [1.82, 2.24) is 14.5 Å². The molecule has 0 radical (unpaired) electrons. The standard InChI is InChI=1S/C18H27N3O3/c1-13(2)18-19-16-10-21(7-6-17(16)20(18)3)9-14(22)11-23-12-15-5-4-8-24-15/h4-5,8,13-14,22H,6-7,9-12H2,1-3H3. The zero-order valence-corrected chi connectivity index (χ0v) is 14.7. The van der Waals surface area contributed by atoms with E-state index in [0.717, 1.165) is 36.8 Å². The third kappa shape index (κ3) is 3.88. The van der Waals surface area contributed by atoms with Gasteiger partial charge >= 0.3 is 0 Å². The molecule has 0 spiro atoms. The van der Waals surface area contributed by atoms with Gasteiger partial charge in [-0.2, -0.15) is 0 Å². The molecule has 1 aliphatic heterocycles. The van der Waals surface area contributed by atoms with Gasteiger partial charge in [0.2, 0.25) is 0 Å². The van der Waals surface area contributed by atoms with Gasteiger partial charge in [0.15, 0.2) is 0 Å². The molecule has 132 valence electrons. The molecule has 1 aliphatic rings. The van der Waals surface area contributed by atoms with Crippen molar-refractivity contribution in [2.75, 3.05) is 19.7 Å². The fraction of sp³-hybridized carbons (Fsp3) is 0.611. The Morgan fingerprint density at radius 3 is 2.96 bits per heavy atom. The summed E-state index contributed by atoms with van der Waals surface area (Å²) in [5, 5.41) is 10.2. The quantitative estimate of drug-likeness (QED) is 0.840. The minimum atomic E-state index is -0.505. The zero-order chi connectivity index (χ0) is 17.1. The van der Waals surface area contributed by atoms with Gasteiger partial charge in [0.1, 0.15) is 18.2 Å². The van der Waals surface area contributed by atoms with Crippen LogP contribution in [0.4, 0.5) is 0 Å². The third-order valence-electron chi connectivity index (χ3n) is 4.49. The molecule has 1 N–H and O–H groups in total. The van der Waals surface area contributed by atoms with Crippen molar-refractivity contribution in [3.63, 3.8) is 0 Å². The Morgan fingerprint density at radius 2 is 2.25 bits per heavy atom. The maximum absolute atomic E-state index is 10.2. The molecule has 6 nitrogen and oxygen atoms in total. The molecule has 2 aromatic heterocycles. The fourth-order valence-electron chi connectivity index (χ4n) is 3.32. The highest BCUT2D eigenvalue weighted by Crippen LogP contribution is 2.23. The van der Waals surface area contributed by atoms with E-state index in [1.165, 1.54) is 5.69 Å². The molecule has 24 heavy (non-hydrogen) atoms. The van der Waals surface area contributed by atoms with Crippen LogP contribution in [0.1, 0.15) is 42.7 Å². The lowest BCUT2D eigenvalue weighted by Gasteiger charge is -2.28. The van der Waals surface area contributed by atoms with E-state index in [0.29, 0.717) is 25.7 Å². The average Bonchev–Trinajstić information content (AvgIpc) is 3.15. The van der Waals surface area contributed by atoms with Crippen molar-refractivity contribution >= 4 is 0 Å². The van der Waals surface area contributed by atoms with E-state index < -0.39 is 6.10 Å². The van der Waals surface area contributed by atoms with Crippen LogP contribution in [0, 0.1) is 0 Å². The molecule has 0 fully saturated rings. The SMILES string of the molecule is CC(C)c1nc2c(n1C)CCN(CC(O)COCc1ccco1)C2. The first kappa shape index (κ1) is 17.2. The Kier molecular flexibility index (Phi) is 5.38. The Bertz CT molecular complexity index is 649. The Balaban J connectivity index is 1.49. The molecule has 0 aliphatic carbocycles. The minimum Gasteiger partial charge on any atom is -0.467 e. The lowest BCUT2D eigenvalue weighted by Crippen LogP contribution is -2.38. The number of rotatable bonds is 7. The van der Waals surface area contributed by atoms with Gasteiger partial charge in [0.25, 0.3) is 0 Å². The molecule has 0 saturated heterocycles. The molecule has 1 unspecified atom stereocenters. The first-order valence-corrected chi connectivity index (χ1v) is 8.59. The summed E-state index contributed by atoms with van der Waals surface area (Å²) >= 11 is 0. The van der Waals surface area contributed by atoms with Gasteiger partial charge in [-0.15, -0.1) is 0 Å². The van der Waals surface area contributed by atoms with Crippen LogP contribution in [0.3, 0.4) is 0 Å². The van der Waals surface area contributed by atoms with E-state index >= 15 is 0 Å². The van der Waals surface area contributed by atoms with E-state index in [9.17, 15) is 5.11 Å². The van der Waals surface area contributed by atoms with Crippen molar-refractivity contribution in [2.45, 2.75) is 45.4 Å². The number of ether oxygens (including phenoxy) is 1. The lowest BCUT2D eigenvalue weighted by atomic mass is 10.1. The van der Waals surface area contributed by atoms with Crippen LogP contribution in [0.25, 0.3) is 0 Å². The topological polar surface area (TPSA) is 63.7 Å². The van der Waals surface area contributed by atoms with Crippen LogP contribution < -0.4 is 0 Å². The molecule has 0 amide bonds. The smallest absolute Gasteiger partial charge is 0.129 e. The Hall–Kier alpha value is -1.63. The first-order valence-electron chi connectivity index (χ1n) is 8.59. The second-order valence-corrected chi connectivity index (χ2v) is 6.81. The summed E-state index contributed by atoms with van der Waals surface area (Å²) in [6, 6.07) is 3.70. The largest absolute Gasteiger partial charge is 0.467 e. The molecule has 6 heteroatoms. The molecule has 3 rings (SSSR count). The predicted octanol–water partition coefficient (Wildman–Crippen LogP) is 2.07. The highest BCUT2D eigenvalue weighted by molar-refractivity contribution is 5.21. The number of furan rings is 1. The number of hydrogen-bond acceptors (Lipinski definition) is 5. The maximum atomic E-state index is 10.2. The Labute approximate surface area is 143 Å². The van der Waals surface area contributed by atoms with E-state index in [2.05, 4.69) is 30.4 Å². The summed E-state index contributed by atoms with van der Waals surface area (Å²) in [5.41, 5.74) is 2.48. The van der Waals surface area contributed by atoms with Crippen LogP contribution in [0.2, 0.25) is 0 Å². The van der Waals surface area contributed by atoms with Crippen molar-refractivity contribution in [2.24, 2.45) is 7.05 Å². The van der Waals surface area contributed by atoms with Gasteiger partial charge in [0.05, 0.1) is 24.7 Å². The normalized spacial score (nSPS) is 16.5. The molecule has 2 aromatic rings. The number of aliphatic hydroxyl groups excluding tert-OH is 1. The number of aromatic nitrogens is 2. The number of nitrogens with zero attached hydrogens (tertiary/aromatic N) is 3. The van der Waals surface area contributed by atoms with Gasteiger partial charge in [-0.1, -0.05) is 13.8 Å². The summed E-state index contributed by atoms with van der Waals surface area (Å²) < 4.78 is 13.0. The van der Waals surface area contributed by atoms with Crippen LogP contribution in [-0.4, -0.2) is 45.4 Å². The number of imidazole rings is 1. The highest BCUT2D eigenvalue weighted by Gasteiger charge is 2.24. The molecular formula is C18H27N3O3. The number of β-amino-alcohol motifs (C(OH)–C–C–N with tert-alkyl or cyclic N) is 1. The Morgan fingerprint density at radius 1 is 1.42 bits per heavy atom. The van der Waals surface area contributed by atoms with E-state index in [4.69, 9.17) is 14.1 Å². The second kappa shape index (κ2) is 7.51. The fourth-order valence-corrected chi connectivity index (χ4v) is 3.32. The monoisotopic (exact) mass is 333 g/mol. The maximum Gasteiger partial charge on any atom is 0.129 e. The molecule has 0 saturated carbocycles. The third-order valence-corrected chi connectivity index (χ3v) is 4.49. The van der Waals surface area contributed by atoms with Gasteiger partial charge in [0, 0.05) is 44.7 Å². The van der Waals surface area contributed by atoms with Crippen molar-refractivity contribution < 1.29 is 14.3 Å². The van der Waals surface area contributed by atoms with Gasteiger partial charge in [-0.05, 0) is 12.1 Å². The van der Waals surface area contributed by atoms with Crippen LogP contribution in [0.5, 0.6) is 0 Å². The van der Waals surface area contributed by atoms with Crippen LogP contribution >= 0.6 is 0 Å². The number of aliphatic hydroxyl groups is 1. The molecule has 3 heterocycles. The van der Waals surface area contributed by atoms with Crippen molar-refractivity contribution in [1.29, 1.82) is 0 Å². The summed E-state index contributed by atoms with van der Waals surface area (Å²) in [6.45, 7) is 7.39. The van der Waals surface area contributed by atoms with Crippen molar-refractivity contribution in [3.8, 4) is 0 Å². The second-order valence-electron chi connectivity index (χ2n) is 6.81. The predicted molar refractivity (Wildman–Crippen MR) is 90.6 cm³/mol. The summed E-state index contributed by atoms with van der Waals surface area (Å²) in [4.78, 5) is 7.05. The molecular weight excluding hydrogens is 306 g/mol. The number of hydrogen-bond donors (Lipinski definition) is 1. The van der Waals surface area contributed by atoms with Gasteiger partial charge in [-0.3, -0.25) is 4.90 Å². The summed E-state index contributed by atoms with van der Waals surface area (Å²) in [7, 11) is 2.11. The van der Waals surface area contributed by atoms with E-state index in [1.807, 2.05) is 12.1 Å². The average molecular weight is 333 g/mol. The molecule has 0 bridgehead atoms. The lowest BCUT2D eigenvalue weighted by molar-refractivity contribution is 0.00284.